The summed E-state index contributed by atoms with van der Waals surface area (Å²) in [5.41, 5.74) is 0.779. The zero-order valence-corrected chi connectivity index (χ0v) is 14.5. The van der Waals surface area contributed by atoms with Crippen LogP contribution in [0.25, 0.3) is 22.2 Å². The van der Waals surface area contributed by atoms with E-state index >= 15 is 0 Å². The van der Waals surface area contributed by atoms with Crippen molar-refractivity contribution in [1.82, 2.24) is 15.5 Å². The maximum Gasteiger partial charge on any atom is 0.258 e. The molecule has 1 aromatic carbocycles. The fraction of sp³-hybridized carbons (Fsp3) is 0.278. The van der Waals surface area contributed by atoms with Crippen molar-refractivity contribution < 1.29 is 18.8 Å². The van der Waals surface area contributed by atoms with Crippen molar-refractivity contribution in [3.8, 4) is 33.7 Å². The average molecular weight is 369 g/mol. The van der Waals surface area contributed by atoms with Crippen molar-refractivity contribution in [3.05, 3.63) is 35.2 Å². The Hall–Kier alpha value is -2.87. The number of carbonyl (C=O) groups is 1. The van der Waals surface area contributed by atoms with Crippen molar-refractivity contribution in [2.24, 2.45) is 5.92 Å². The SMILES string of the molecule is O=C(NCc1ccc(-c2noc(-c3ccc4c(c3)OCO4)n2)s1)C1CC1. The van der Waals surface area contributed by atoms with E-state index in [4.69, 9.17) is 14.0 Å². The maximum atomic E-state index is 11.7. The van der Waals surface area contributed by atoms with Crippen LogP contribution in [0.1, 0.15) is 17.7 Å². The number of ether oxygens (including phenoxy) is 2. The fourth-order valence-electron chi connectivity index (χ4n) is 2.73. The Morgan fingerprint density at radius 3 is 2.96 bits per heavy atom. The number of aromatic nitrogens is 2. The van der Waals surface area contributed by atoms with Crippen LogP contribution >= 0.6 is 11.3 Å². The molecule has 1 saturated carbocycles. The molecular formula is C18H15N3O4S. The van der Waals surface area contributed by atoms with Gasteiger partial charge in [-0.25, -0.2) is 0 Å². The van der Waals surface area contributed by atoms with Gasteiger partial charge in [0.1, 0.15) is 0 Å². The topological polar surface area (TPSA) is 86.5 Å². The van der Waals surface area contributed by atoms with Gasteiger partial charge in [-0.05, 0) is 43.2 Å². The number of rotatable bonds is 5. The predicted molar refractivity (Wildman–Crippen MR) is 93.7 cm³/mol. The Morgan fingerprint density at radius 1 is 1.19 bits per heavy atom. The number of hydrogen-bond acceptors (Lipinski definition) is 7. The third-order valence-corrected chi connectivity index (χ3v) is 5.39. The van der Waals surface area contributed by atoms with Gasteiger partial charge in [-0.1, -0.05) is 5.16 Å². The molecule has 0 atom stereocenters. The Morgan fingerprint density at radius 2 is 2.08 bits per heavy atom. The lowest BCUT2D eigenvalue weighted by Crippen LogP contribution is -2.23. The van der Waals surface area contributed by atoms with E-state index in [9.17, 15) is 4.79 Å². The Balaban J connectivity index is 1.31. The van der Waals surface area contributed by atoms with Gasteiger partial charge in [0.2, 0.25) is 18.5 Å². The summed E-state index contributed by atoms with van der Waals surface area (Å²) in [5, 5.41) is 7.03. The summed E-state index contributed by atoms with van der Waals surface area (Å²) in [7, 11) is 0. The monoisotopic (exact) mass is 369 g/mol. The molecule has 3 aromatic rings. The van der Waals surface area contributed by atoms with Crippen LogP contribution in [0.4, 0.5) is 0 Å². The summed E-state index contributed by atoms with van der Waals surface area (Å²) in [6.07, 6.45) is 2.01. The third-order valence-electron chi connectivity index (χ3n) is 4.31. The molecule has 0 spiro atoms. The van der Waals surface area contributed by atoms with Gasteiger partial charge in [0, 0.05) is 16.4 Å². The predicted octanol–water partition coefficient (Wildman–Crippen LogP) is 3.22. The number of nitrogens with one attached hydrogen (secondary N) is 1. The first-order valence-electron chi connectivity index (χ1n) is 8.37. The van der Waals surface area contributed by atoms with Gasteiger partial charge in [0.05, 0.1) is 11.4 Å². The Bertz CT molecular complexity index is 976. The highest BCUT2D eigenvalue weighted by Crippen LogP contribution is 2.36. The van der Waals surface area contributed by atoms with Crippen molar-refractivity contribution in [2.45, 2.75) is 19.4 Å². The molecule has 1 aliphatic heterocycles. The van der Waals surface area contributed by atoms with E-state index in [2.05, 4.69) is 15.5 Å². The second kappa shape index (κ2) is 6.14. The Kier molecular flexibility index (Phi) is 3.63. The normalized spacial score (nSPS) is 15.2. The molecule has 8 heteroatoms. The number of thiophene rings is 1. The molecule has 26 heavy (non-hydrogen) atoms. The zero-order valence-electron chi connectivity index (χ0n) is 13.7. The Labute approximate surface area is 152 Å². The molecule has 2 aromatic heterocycles. The largest absolute Gasteiger partial charge is 0.454 e. The number of fused-ring (bicyclic) bond motifs is 1. The van der Waals surface area contributed by atoms with E-state index in [1.165, 1.54) is 0 Å². The van der Waals surface area contributed by atoms with Crippen molar-refractivity contribution in [1.29, 1.82) is 0 Å². The smallest absolute Gasteiger partial charge is 0.258 e. The summed E-state index contributed by atoms with van der Waals surface area (Å²) < 4.78 is 16.1. The van der Waals surface area contributed by atoms with Crippen molar-refractivity contribution in [2.75, 3.05) is 6.79 Å². The van der Waals surface area contributed by atoms with Crippen LogP contribution in [0.3, 0.4) is 0 Å². The first-order chi connectivity index (χ1) is 12.8. The summed E-state index contributed by atoms with van der Waals surface area (Å²) in [4.78, 5) is 18.2. The van der Waals surface area contributed by atoms with E-state index in [1.54, 1.807) is 11.3 Å². The minimum atomic E-state index is 0.143. The van der Waals surface area contributed by atoms with Gasteiger partial charge in [0.15, 0.2) is 11.5 Å². The quantitative estimate of drug-likeness (QED) is 0.743. The molecule has 5 rings (SSSR count). The number of benzene rings is 1. The van der Waals surface area contributed by atoms with E-state index < -0.39 is 0 Å². The number of carbonyl (C=O) groups excluding carboxylic acids is 1. The fourth-order valence-corrected chi connectivity index (χ4v) is 3.60. The summed E-state index contributed by atoms with van der Waals surface area (Å²) in [6.45, 7) is 0.760. The molecule has 3 heterocycles. The lowest BCUT2D eigenvalue weighted by molar-refractivity contribution is -0.122. The minimum Gasteiger partial charge on any atom is -0.454 e. The minimum absolute atomic E-state index is 0.143. The van der Waals surface area contributed by atoms with Crippen LogP contribution in [0.2, 0.25) is 0 Å². The molecule has 132 valence electrons. The molecule has 1 aliphatic carbocycles. The van der Waals surface area contributed by atoms with Gasteiger partial charge in [-0.15, -0.1) is 11.3 Å². The molecule has 0 unspecified atom stereocenters. The highest BCUT2D eigenvalue weighted by Gasteiger charge is 2.29. The number of hydrogen-bond donors (Lipinski definition) is 1. The van der Waals surface area contributed by atoms with Crippen molar-refractivity contribution in [3.63, 3.8) is 0 Å². The molecular weight excluding hydrogens is 354 g/mol. The number of amides is 1. The molecule has 0 radical (unpaired) electrons. The van der Waals surface area contributed by atoms with Gasteiger partial charge in [-0.3, -0.25) is 4.79 Å². The third kappa shape index (κ3) is 2.92. The summed E-state index contributed by atoms with van der Waals surface area (Å²) in [6, 6.07) is 9.43. The zero-order chi connectivity index (χ0) is 17.5. The molecule has 2 aliphatic rings. The molecule has 0 saturated heterocycles. The van der Waals surface area contributed by atoms with E-state index in [0.29, 0.717) is 29.8 Å². The van der Waals surface area contributed by atoms with Crippen LogP contribution in [0.15, 0.2) is 34.9 Å². The van der Waals surface area contributed by atoms with Crippen LogP contribution in [0, 0.1) is 5.92 Å². The van der Waals surface area contributed by atoms with Gasteiger partial charge >= 0.3 is 0 Å². The molecule has 1 fully saturated rings. The highest BCUT2D eigenvalue weighted by atomic mass is 32.1. The van der Waals surface area contributed by atoms with Crippen LogP contribution < -0.4 is 14.8 Å². The molecule has 7 nitrogen and oxygen atoms in total. The second-order valence-corrected chi connectivity index (χ2v) is 7.42. The van der Waals surface area contributed by atoms with Gasteiger partial charge < -0.3 is 19.3 Å². The van der Waals surface area contributed by atoms with Gasteiger partial charge in [-0.2, -0.15) is 4.98 Å². The average Bonchev–Trinajstić information content (AvgIpc) is 3.06. The van der Waals surface area contributed by atoms with Crippen LogP contribution in [-0.4, -0.2) is 22.8 Å². The van der Waals surface area contributed by atoms with Gasteiger partial charge in [0.25, 0.3) is 5.89 Å². The van der Waals surface area contributed by atoms with E-state index in [1.807, 2.05) is 30.3 Å². The first kappa shape index (κ1) is 15.4. The lowest BCUT2D eigenvalue weighted by Gasteiger charge is -2.00. The van der Waals surface area contributed by atoms with Crippen LogP contribution in [0.5, 0.6) is 11.5 Å². The van der Waals surface area contributed by atoms with Crippen molar-refractivity contribution >= 4 is 17.2 Å². The number of nitrogens with zero attached hydrogens (tertiary/aromatic N) is 2. The van der Waals surface area contributed by atoms with E-state index in [0.717, 1.165) is 28.2 Å². The highest BCUT2D eigenvalue weighted by molar-refractivity contribution is 7.15. The second-order valence-electron chi connectivity index (χ2n) is 6.25. The summed E-state index contributed by atoms with van der Waals surface area (Å²) >= 11 is 1.54. The van der Waals surface area contributed by atoms with Crippen LogP contribution in [-0.2, 0) is 11.3 Å². The summed E-state index contributed by atoms with van der Waals surface area (Å²) in [5.74, 6) is 2.70. The molecule has 1 N–H and O–H groups in total. The standard InChI is InChI=1S/C18H15N3O4S/c22-17(10-1-2-10)19-8-12-4-6-15(26-12)16-20-18(25-21-16)11-3-5-13-14(7-11)24-9-23-13/h3-7,10H,1-2,8-9H2,(H,19,22). The molecule has 0 bridgehead atoms. The maximum absolute atomic E-state index is 11.7. The first-order valence-corrected chi connectivity index (χ1v) is 9.18. The lowest BCUT2D eigenvalue weighted by atomic mass is 10.2. The molecule has 1 amide bonds. The van der Waals surface area contributed by atoms with E-state index in [-0.39, 0.29) is 18.6 Å².